The molecule has 9 nitrogen and oxygen atoms in total. The van der Waals surface area contributed by atoms with Crippen LogP contribution in [-0.4, -0.2) is 35.9 Å². The Labute approximate surface area is 155 Å². The van der Waals surface area contributed by atoms with E-state index in [0.717, 1.165) is 17.2 Å². The maximum Gasteiger partial charge on any atom is 0.315 e. The maximum atomic E-state index is 11.8. The topological polar surface area (TPSA) is 123 Å². The van der Waals surface area contributed by atoms with Crippen LogP contribution in [0.2, 0.25) is 0 Å². The van der Waals surface area contributed by atoms with Gasteiger partial charge in [0.1, 0.15) is 5.75 Å². The molecule has 0 atom stereocenters. The van der Waals surface area contributed by atoms with E-state index in [2.05, 4.69) is 10.5 Å². The summed E-state index contributed by atoms with van der Waals surface area (Å²) in [6.45, 7) is 3.68. The quantitative estimate of drug-likeness (QED) is 0.436. The molecule has 0 spiro atoms. The SMILES string of the molecule is COc1cc(C=NNC(=O)COc2ccc(C)c(C)c2)cc([N+](=O)[O-])c1O. The van der Waals surface area contributed by atoms with Crippen molar-refractivity contribution in [2.45, 2.75) is 13.8 Å². The molecule has 9 heteroatoms. The van der Waals surface area contributed by atoms with Gasteiger partial charge in [0.25, 0.3) is 5.91 Å². The van der Waals surface area contributed by atoms with Crippen molar-refractivity contribution in [2.24, 2.45) is 5.10 Å². The van der Waals surface area contributed by atoms with E-state index in [1.165, 1.54) is 19.4 Å². The van der Waals surface area contributed by atoms with Gasteiger partial charge >= 0.3 is 5.69 Å². The predicted molar refractivity (Wildman–Crippen MR) is 98.5 cm³/mol. The highest BCUT2D eigenvalue weighted by Gasteiger charge is 2.19. The molecule has 27 heavy (non-hydrogen) atoms. The largest absolute Gasteiger partial charge is 0.500 e. The third kappa shape index (κ3) is 5.18. The zero-order valence-corrected chi connectivity index (χ0v) is 15.1. The molecule has 0 heterocycles. The number of benzene rings is 2. The number of ether oxygens (including phenoxy) is 2. The average Bonchev–Trinajstić information content (AvgIpc) is 2.63. The minimum Gasteiger partial charge on any atom is -0.500 e. The summed E-state index contributed by atoms with van der Waals surface area (Å²) >= 11 is 0. The van der Waals surface area contributed by atoms with Crippen LogP contribution in [-0.2, 0) is 4.79 Å². The van der Waals surface area contributed by atoms with E-state index in [1.807, 2.05) is 26.0 Å². The summed E-state index contributed by atoms with van der Waals surface area (Å²) in [4.78, 5) is 22.0. The fraction of sp³-hybridized carbons (Fsp3) is 0.222. The van der Waals surface area contributed by atoms with Crippen molar-refractivity contribution in [1.82, 2.24) is 5.43 Å². The summed E-state index contributed by atoms with van der Waals surface area (Å²) in [6, 6.07) is 7.95. The first-order valence-electron chi connectivity index (χ1n) is 7.89. The van der Waals surface area contributed by atoms with Crippen LogP contribution in [0.3, 0.4) is 0 Å². The van der Waals surface area contributed by atoms with Gasteiger partial charge in [-0.1, -0.05) is 6.07 Å². The van der Waals surface area contributed by atoms with Crippen molar-refractivity contribution in [1.29, 1.82) is 0 Å². The molecule has 0 fully saturated rings. The van der Waals surface area contributed by atoms with Gasteiger partial charge in [0.05, 0.1) is 18.2 Å². The van der Waals surface area contributed by atoms with E-state index < -0.39 is 22.3 Å². The number of aryl methyl sites for hydroxylation is 2. The van der Waals surface area contributed by atoms with Crippen molar-refractivity contribution < 1.29 is 24.3 Å². The number of methoxy groups -OCH3 is 1. The Balaban J connectivity index is 1.98. The molecule has 0 bridgehead atoms. The van der Waals surface area contributed by atoms with Crippen molar-refractivity contribution in [2.75, 3.05) is 13.7 Å². The molecule has 0 saturated carbocycles. The fourth-order valence-corrected chi connectivity index (χ4v) is 2.15. The number of amides is 1. The monoisotopic (exact) mass is 373 g/mol. The van der Waals surface area contributed by atoms with E-state index >= 15 is 0 Å². The number of rotatable bonds is 7. The number of hydrazone groups is 1. The van der Waals surface area contributed by atoms with Crippen LogP contribution in [0.15, 0.2) is 35.4 Å². The lowest BCUT2D eigenvalue weighted by Gasteiger charge is -2.07. The van der Waals surface area contributed by atoms with Crippen LogP contribution < -0.4 is 14.9 Å². The van der Waals surface area contributed by atoms with Gasteiger partial charge in [0.15, 0.2) is 12.4 Å². The van der Waals surface area contributed by atoms with Gasteiger partial charge in [-0.15, -0.1) is 0 Å². The normalized spacial score (nSPS) is 10.6. The van der Waals surface area contributed by atoms with Gasteiger partial charge in [0, 0.05) is 11.6 Å². The Morgan fingerprint density at radius 2 is 2.04 bits per heavy atom. The van der Waals surface area contributed by atoms with Crippen molar-refractivity contribution in [3.8, 4) is 17.2 Å². The van der Waals surface area contributed by atoms with Gasteiger partial charge < -0.3 is 14.6 Å². The zero-order valence-electron chi connectivity index (χ0n) is 15.1. The fourth-order valence-electron chi connectivity index (χ4n) is 2.15. The molecule has 1 amide bonds. The average molecular weight is 373 g/mol. The lowest BCUT2D eigenvalue weighted by atomic mass is 10.1. The van der Waals surface area contributed by atoms with Gasteiger partial charge in [-0.3, -0.25) is 14.9 Å². The summed E-state index contributed by atoms with van der Waals surface area (Å²) in [5.41, 5.74) is 4.17. The number of hydrogen-bond acceptors (Lipinski definition) is 7. The molecule has 142 valence electrons. The van der Waals surface area contributed by atoms with Crippen LogP contribution in [0, 0.1) is 24.0 Å². The summed E-state index contributed by atoms with van der Waals surface area (Å²) in [5.74, 6) is -0.582. The highest BCUT2D eigenvalue weighted by Crippen LogP contribution is 2.36. The standard InChI is InChI=1S/C18H19N3O6/c1-11-4-5-14(6-12(11)2)27-10-17(22)20-19-9-13-7-15(21(24)25)18(23)16(8-13)26-3/h4-9,23H,10H2,1-3H3,(H,20,22). The molecule has 0 unspecified atom stereocenters. The number of nitro benzene ring substituents is 1. The van der Waals surface area contributed by atoms with E-state index in [1.54, 1.807) is 6.07 Å². The summed E-state index contributed by atoms with van der Waals surface area (Å²) in [6.07, 6.45) is 1.20. The summed E-state index contributed by atoms with van der Waals surface area (Å²) in [5, 5.41) is 24.4. The first-order valence-corrected chi connectivity index (χ1v) is 7.89. The number of nitrogens with one attached hydrogen (secondary N) is 1. The highest BCUT2D eigenvalue weighted by molar-refractivity contribution is 5.85. The van der Waals surface area contributed by atoms with Crippen molar-refractivity contribution in [3.05, 3.63) is 57.1 Å². The third-order valence-corrected chi connectivity index (χ3v) is 3.74. The Morgan fingerprint density at radius 1 is 1.30 bits per heavy atom. The number of hydrogen-bond donors (Lipinski definition) is 2. The van der Waals surface area contributed by atoms with Gasteiger partial charge in [-0.2, -0.15) is 5.10 Å². The molecule has 0 saturated heterocycles. The minimum absolute atomic E-state index is 0.0740. The Hall–Kier alpha value is -3.62. The third-order valence-electron chi connectivity index (χ3n) is 3.74. The molecular formula is C18H19N3O6. The van der Waals surface area contributed by atoms with E-state index in [0.29, 0.717) is 5.75 Å². The van der Waals surface area contributed by atoms with Gasteiger partial charge in [-0.05, 0) is 43.2 Å². The maximum absolute atomic E-state index is 11.8. The Kier molecular flexibility index (Phi) is 6.32. The number of phenolic OH excluding ortho intramolecular Hbond substituents is 1. The number of carbonyl (C=O) groups excluding carboxylic acids is 1. The lowest BCUT2D eigenvalue weighted by Crippen LogP contribution is -2.24. The number of nitro groups is 1. The van der Waals surface area contributed by atoms with E-state index in [9.17, 15) is 20.0 Å². The molecule has 0 aliphatic carbocycles. The number of carbonyl (C=O) groups is 1. The van der Waals surface area contributed by atoms with Crippen molar-refractivity contribution in [3.63, 3.8) is 0 Å². The molecule has 0 aliphatic rings. The molecule has 0 aromatic heterocycles. The molecule has 0 aliphatic heterocycles. The minimum atomic E-state index is -0.745. The second-order valence-electron chi connectivity index (χ2n) is 5.68. The van der Waals surface area contributed by atoms with Gasteiger partial charge in [-0.25, -0.2) is 5.43 Å². The Bertz CT molecular complexity index is 895. The molecule has 0 radical (unpaired) electrons. The first kappa shape index (κ1) is 19.7. The molecular weight excluding hydrogens is 354 g/mol. The van der Waals surface area contributed by atoms with Crippen LogP contribution >= 0.6 is 0 Å². The van der Waals surface area contributed by atoms with Gasteiger partial charge in [0.2, 0.25) is 5.75 Å². The molecule has 2 aromatic rings. The van der Waals surface area contributed by atoms with Crippen LogP contribution in [0.1, 0.15) is 16.7 Å². The predicted octanol–water partition coefficient (Wildman–Crippen LogP) is 2.45. The molecule has 2 N–H and O–H groups in total. The van der Waals surface area contributed by atoms with Crippen molar-refractivity contribution >= 4 is 17.8 Å². The van der Waals surface area contributed by atoms with Crippen LogP contribution in [0.5, 0.6) is 17.2 Å². The second kappa shape index (κ2) is 8.65. The first-order chi connectivity index (χ1) is 12.8. The highest BCUT2D eigenvalue weighted by atomic mass is 16.6. The Morgan fingerprint density at radius 3 is 2.67 bits per heavy atom. The lowest BCUT2D eigenvalue weighted by molar-refractivity contribution is -0.386. The number of aromatic hydroxyl groups is 1. The summed E-state index contributed by atoms with van der Waals surface area (Å²) < 4.78 is 10.3. The second-order valence-corrected chi connectivity index (χ2v) is 5.68. The molecule has 2 rings (SSSR count). The smallest absolute Gasteiger partial charge is 0.315 e. The summed E-state index contributed by atoms with van der Waals surface area (Å²) in [7, 11) is 1.27. The zero-order chi connectivity index (χ0) is 20.0. The molecule has 2 aromatic carbocycles. The number of phenols is 1. The van der Waals surface area contributed by atoms with E-state index in [4.69, 9.17) is 9.47 Å². The number of nitrogens with zero attached hydrogens (tertiary/aromatic N) is 2. The van der Waals surface area contributed by atoms with E-state index in [-0.39, 0.29) is 17.9 Å². The van der Waals surface area contributed by atoms with Crippen LogP contribution in [0.4, 0.5) is 5.69 Å². The van der Waals surface area contributed by atoms with Crippen LogP contribution in [0.25, 0.3) is 0 Å².